The van der Waals surface area contributed by atoms with E-state index in [1.54, 1.807) is 32.0 Å². The van der Waals surface area contributed by atoms with Crippen LogP contribution in [0.4, 0.5) is 17.6 Å². The molecule has 11 heteroatoms. The number of aryl methyl sites for hydroxylation is 1. The Hall–Kier alpha value is -4.25. The lowest BCUT2D eigenvalue weighted by Crippen LogP contribution is -2.44. The molecule has 0 saturated heterocycles. The van der Waals surface area contributed by atoms with E-state index in [2.05, 4.69) is 15.6 Å². The van der Waals surface area contributed by atoms with Gasteiger partial charge in [0.05, 0.1) is 16.6 Å². The summed E-state index contributed by atoms with van der Waals surface area (Å²) in [5.41, 5.74) is 0.742. The number of furan rings is 1. The second kappa shape index (κ2) is 11.7. The summed E-state index contributed by atoms with van der Waals surface area (Å²) in [6, 6.07) is 13.1. The summed E-state index contributed by atoms with van der Waals surface area (Å²) in [6.45, 7) is 3.39. The van der Waals surface area contributed by atoms with Crippen molar-refractivity contribution in [1.29, 1.82) is 0 Å². The maximum atomic E-state index is 13.6. The number of carbonyl (C=O) groups excluding carboxylic acids is 2. The Morgan fingerprint density at radius 2 is 1.68 bits per heavy atom. The number of amides is 2. The van der Waals surface area contributed by atoms with Crippen LogP contribution in [0.25, 0.3) is 33.6 Å². The maximum Gasteiger partial charge on any atom is 0.389 e. The number of nitrogens with zero attached hydrogens (tertiary/aromatic N) is 1. The third-order valence-electron chi connectivity index (χ3n) is 6.59. The lowest BCUT2D eigenvalue weighted by atomic mass is 9.96. The largest absolute Gasteiger partial charge is 0.437 e. The molecule has 0 radical (unpaired) electrons. The van der Waals surface area contributed by atoms with Crippen molar-refractivity contribution in [1.82, 2.24) is 15.6 Å². The van der Waals surface area contributed by atoms with Crippen molar-refractivity contribution in [2.24, 2.45) is 0 Å². The Kier molecular flexibility index (Phi) is 8.48. The number of alkyl halides is 3. The number of aliphatic hydroxyl groups excluding tert-OH is 1. The highest BCUT2D eigenvalue weighted by Crippen LogP contribution is 2.37. The monoisotopic (exact) mass is 571 g/mol. The number of pyridine rings is 1. The van der Waals surface area contributed by atoms with Crippen LogP contribution in [0.3, 0.4) is 0 Å². The number of hydrogen-bond donors (Lipinski definition) is 3. The lowest BCUT2D eigenvalue weighted by Gasteiger charge is -2.25. The summed E-state index contributed by atoms with van der Waals surface area (Å²) < 4.78 is 59.2. The standard InChI is InChI=1S/C30H29F4N3O4/c1-29(2,13-14-38)37-26(39)19-6-4-5-18(15-19)21-16-22-24(27(40)35-3)25(17-7-9-20(31)10-8-17)41-28(22)36-23(21)11-12-30(32,33)34/h4-10,15-16,38H,11-14H2,1-3H3,(H,35,40)(H,37,39). The molecule has 216 valence electrons. The van der Waals surface area contributed by atoms with Gasteiger partial charge in [0, 0.05) is 42.3 Å². The molecule has 0 spiro atoms. The average molecular weight is 572 g/mol. The minimum atomic E-state index is -4.45. The molecule has 2 aromatic heterocycles. The summed E-state index contributed by atoms with van der Waals surface area (Å²) in [4.78, 5) is 30.4. The van der Waals surface area contributed by atoms with Gasteiger partial charge in [0.2, 0.25) is 5.71 Å². The van der Waals surface area contributed by atoms with Crippen molar-refractivity contribution in [2.45, 2.75) is 44.8 Å². The van der Waals surface area contributed by atoms with Gasteiger partial charge in [0.25, 0.3) is 11.8 Å². The first-order valence-electron chi connectivity index (χ1n) is 12.9. The van der Waals surface area contributed by atoms with E-state index in [4.69, 9.17) is 4.42 Å². The number of benzene rings is 2. The second-order valence-electron chi connectivity index (χ2n) is 10.2. The van der Waals surface area contributed by atoms with Gasteiger partial charge in [-0.05, 0) is 74.7 Å². The fraction of sp³-hybridized carbons (Fsp3) is 0.300. The van der Waals surface area contributed by atoms with Gasteiger partial charge in [-0.1, -0.05) is 12.1 Å². The molecular weight excluding hydrogens is 542 g/mol. The molecule has 4 rings (SSSR count). The van der Waals surface area contributed by atoms with E-state index in [1.165, 1.54) is 43.4 Å². The predicted molar refractivity (Wildman–Crippen MR) is 146 cm³/mol. The van der Waals surface area contributed by atoms with Gasteiger partial charge in [-0.15, -0.1) is 0 Å². The molecule has 2 aromatic carbocycles. The third kappa shape index (κ3) is 6.91. The van der Waals surface area contributed by atoms with Crippen molar-refractivity contribution >= 4 is 22.9 Å². The van der Waals surface area contributed by atoms with Crippen LogP contribution < -0.4 is 10.6 Å². The molecule has 2 heterocycles. The fourth-order valence-electron chi connectivity index (χ4n) is 4.46. The van der Waals surface area contributed by atoms with Crippen LogP contribution in [-0.4, -0.2) is 47.3 Å². The van der Waals surface area contributed by atoms with E-state index in [0.717, 1.165) is 0 Å². The Bertz CT molecular complexity index is 1580. The van der Waals surface area contributed by atoms with E-state index in [1.807, 2.05) is 0 Å². The number of rotatable bonds is 9. The predicted octanol–water partition coefficient (Wildman–Crippen LogP) is 6.05. The van der Waals surface area contributed by atoms with Gasteiger partial charge in [-0.3, -0.25) is 9.59 Å². The van der Waals surface area contributed by atoms with E-state index < -0.39 is 42.2 Å². The summed E-state index contributed by atoms with van der Waals surface area (Å²) in [7, 11) is 1.42. The molecule has 0 aliphatic carbocycles. The molecule has 0 saturated carbocycles. The van der Waals surface area contributed by atoms with Crippen LogP contribution in [0.1, 0.15) is 53.1 Å². The number of carbonyl (C=O) groups is 2. The Morgan fingerprint density at radius 1 is 0.976 bits per heavy atom. The van der Waals surface area contributed by atoms with Crippen molar-refractivity contribution in [3.8, 4) is 22.5 Å². The maximum absolute atomic E-state index is 13.6. The van der Waals surface area contributed by atoms with E-state index >= 15 is 0 Å². The molecule has 7 nitrogen and oxygen atoms in total. The van der Waals surface area contributed by atoms with Crippen LogP contribution in [0.15, 0.2) is 59.0 Å². The lowest BCUT2D eigenvalue weighted by molar-refractivity contribution is -0.134. The second-order valence-corrected chi connectivity index (χ2v) is 10.2. The van der Waals surface area contributed by atoms with Gasteiger partial charge >= 0.3 is 6.18 Å². The normalized spacial score (nSPS) is 12.0. The minimum absolute atomic E-state index is 0.0523. The molecular formula is C30H29F4N3O4. The number of nitrogens with one attached hydrogen (secondary N) is 2. The molecule has 0 unspecified atom stereocenters. The van der Waals surface area contributed by atoms with Crippen LogP contribution in [0, 0.1) is 5.82 Å². The Morgan fingerprint density at radius 3 is 2.32 bits per heavy atom. The number of halogens is 4. The van der Waals surface area contributed by atoms with Crippen molar-refractivity contribution in [2.75, 3.05) is 13.7 Å². The molecule has 0 bridgehead atoms. The fourth-order valence-corrected chi connectivity index (χ4v) is 4.46. The molecule has 0 aliphatic rings. The van der Waals surface area contributed by atoms with E-state index in [0.29, 0.717) is 23.1 Å². The van der Waals surface area contributed by atoms with Gasteiger partial charge in [0.1, 0.15) is 11.6 Å². The van der Waals surface area contributed by atoms with Gasteiger partial charge in [-0.25, -0.2) is 9.37 Å². The highest BCUT2D eigenvalue weighted by Gasteiger charge is 2.29. The van der Waals surface area contributed by atoms with Gasteiger partial charge in [0.15, 0.2) is 0 Å². The van der Waals surface area contributed by atoms with E-state index in [9.17, 15) is 32.3 Å². The molecule has 41 heavy (non-hydrogen) atoms. The number of aromatic nitrogens is 1. The molecule has 0 atom stereocenters. The highest BCUT2D eigenvalue weighted by atomic mass is 19.4. The van der Waals surface area contributed by atoms with Gasteiger partial charge < -0.3 is 20.2 Å². The molecule has 0 aliphatic heterocycles. The summed E-state index contributed by atoms with van der Waals surface area (Å²) in [6.07, 6.45) is -5.76. The van der Waals surface area contributed by atoms with Crippen LogP contribution in [0.2, 0.25) is 0 Å². The zero-order valence-corrected chi connectivity index (χ0v) is 22.7. The number of hydrogen-bond acceptors (Lipinski definition) is 5. The molecule has 3 N–H and O–H groups in total. The number of fused-ring (bicyclic) bond motifs is 1. The number of aliphatic hydroxyl groups is 1. The van der Waals surface area contributed by atoms with Crippen LogP contribution in [-0.2, 0) is 6.42 Å². The third-order valence-corrected chi connectivity index (χ3v) is 6.59. The molecule has 2 amide bonds. The summed E-state index contributed by atoms with van der Waals surface area (Å²) in [5, 5.41) is 14.9. The first kappa shape index (κ1) is 29.7. The van der Waals surface area contributed by atoms with Crippen LogP contribution in [0.5, 0.6) is 0 Å². The van der Waals surface area contributed by atoms with E-state index in [-0.39, 0.29) is 40.3 Å². The molecule has 0 fully saturated rings. The zero-order valence-electron chi connectivity index (χ0n) is 22.7. The zero-order chi connectivity index (χ0) is 29.9. The van der Waals surface area contributed by atoms with Gasteiger partial charge in [-0.2, -0.15) is 13.2 Å². The smallest absolute Gasteiger partial charge is 0.389 e. The Labute approximate surface area is 233 Å². The van der Waals surface area contributed by atoms with Crippen LogP contribution >= 0.6 is 0 Å². The minimum Gasteiger partial charge on any atom is -0.437 e. The SMILES string of the molecule is CNC(=O)c1c(-c2ccc(F)cc2)oc2nc(CCC(F)(F)F)c(-c3cccc(C(=O)NC(C)(C)CCO)c3)cc12. The first-order chi connectivity index (χ1) is 19.3. The summed E-state index contributed by atoms with van der Waals surface area (Å²) >= 11 is 0. The van der Waals surface area contributed by atoms with Crippen molar-refractivity contribution in [3.05, 3.63) is 77.2 Å². The first-order valence-corrected chi connectivity index (χ1v) is 12.9. The summed E-state index contributed by atoms with van der Waals surface area (Å²) in [5.74, 6) is -1.36. The molecule has 4 aromatic rings. The average Bonchev–Trinajstić information content (AvgIpc) is 3.29. The topological polar surface area (TPSA) is 104 Å². The quantitative estimate of drug-likeness (QED) is 0.212. The van der Waals surface area contributed by atoms with Crippen molar-refractivity contribution < 1.29 is 36.7 Å². The Balaban J connectivity index is 1.89. The highest BCUT2D eigenvalue weighted by molar-refractivity contribution is 6.11. The van der Waals surface area contributed by atoms with Crippen molar-refractivity contribution in [3.63, 3.8) is 0 Å².